The molecule has 0 atom stereocenters. The van der Waals surface area contributed by atoms with Crippen molar-refractivity contribution >= 4 is 17.5 Å². The van der Waals surface area contributed by atoms with E-state index in [1.165, 1.54) is 6.20 Å². The van der Waals surface area contributed by atoms with Crippen LogP contribution in [0.15, 0.2) is 30.7 Å². The van der Waals surface area contributed by atoms with E-state index < -0.39 is 5.82 Å². The topological polar surface area (TPSA) is 66.0 Å². The van der Waals surface area contributed by atoms with E-state index in [-0.39, 0.29) is 5.82 Å². The Morgan fingerprint density at radius 2 is 2.00 bits per heavy atom. The molecule has 2 N–H and O–H groups in total. The van der Waals surface area contributed by atoms with Crippen LogP contribution in [0.2, 0.25) is 0 Å². The van der Waals surface area contributed by atoms with Gasteiger partial charge in [0.05, 0.1) is 11.9 Å². The molecule has 2 aromatic heterocycles. The summed E-state index contributed by atoms with van der Waals surface area (Å²) in [5, 5.41) is 6.34. The Kier molecular flexibility index (Phi) is 5.25. The molecule has 2 heterocycles. The lowest BCUT2D eigenvalue weighted by Crippen LogP contribution is -2.16. The minimum Gasteiger partial charge on any atom is -0.384 e. The van der Waals surface area contributed by atoms with E-state index in [0.29, 0.717) is 12.5 Å². The Morgan fingerprint density at radius 1 is 1.19 bits per heavy atom. The van der Waals surface area contributed by atoms with E-state index in [0.717, 1.165) is 18.7 Å². The first-order valence-corrected chi connectivity index (χ1v) is 6.74. The van der Waals surface area contributed by atoms with E-state index in [2.05, 4.69) is 25.6 Å². The number of hydrogen-bond acceptors (Lipinski definition) is 6. The van der Waals surface area contributed by atoms with Gasteiger partial charge in [0.2, 0.25) is 5.95 Å². The Hall–Kier alpha value is -2.44. The number of pyridine rings is 1. The summed E-state index contributed by atoms with van der Waals surface area (Å²) in [5.74, 6) is 0.284. The number of rotatable bonds is 7. The molecule has 0 aliphatic carbocycles. The SMILES string of the molecule is CN(C)c1nc(NCCCNc2cccnc2)ncc1F. The van der Waals surface area contributed by atoms with Gasteiger partial charge in [-0.3, -0.25) is 4.98 Å². The third-order valence-corrected chi connectivity index (χ3v) is 2.78. The lowest BCUT2D eigenvalue weighted by molar-refractivity contribution is 0.612. The van der Waals surface area contributed by atoms with Crippen molar-refractivity contribution in [2.24, 2.45) is 0 Å². The molecular weight excluding hydrogens is 271 g/mol. The quantitative estimate of drug-likeness (QED) is 0.760. The van der Waals surface area contributed by atoms with Crippen molar-refractivity contribution in [1.29, 1.82) is 0 Å². The third kappa shape index (κ3) is 4.55. The molecule has 0 radical (unpaired) electrons. The van der Waals surface area contributed by atoms with E-state index in [1.54, 1.807) is 31.4 Å². The summed E-state index contributed by atoms with van der Waals surface area (Å²) in [6.45, 7) is 1.51. The predicted octanol–water partition coefficient (Wildman–Crippen LogP) is 1.99. The van der Waals surface area contributed by atoms with E-state index in [4.69, 9.17) is 0 Å². The normalized spacial score (nSPS) is 10.2. The van der Waals surface area contributed by atoms with Gasteiger partial charge in [0.15, 0.2) is 11.6 Å². The first-order chi connectivity index (χ1) is 10.2. The second-order valence-electron chi connectivity index (χ2n) is 4.71. The molecule has 0 unspecified atom stereocenters. The van der Waals surface area contributed by atoms with Crippen LogP contribution in [0.1, 0.15) is 6.42 Å². The zero-order chi connectivity index (χ0) is 15.1. The Balaban J connectivity index is 1.75. The molecule has 0 aliphatic heterocycles. The van der Waals surface area contributed by atoms with E-state index >= 15 is 0 Å². The number of hydrogen-bond donors (Lipinski definition) is 2. The number of nitrogens with one attached hydrogen (secondary N) is 2. The van der Waals surface area contributed by atoms with Crippen LogP contribution in [0.3, 0.4) is 0 Å². The van der Waals surface area contributed by atoms with Crippen LogP contribution in [0.4, 0.5) is 21.8 Å². The maximum atomic E-state index is 13.4. The molecule has 0 spiro atoms. The summed E-state index contributed by atoms with van der Waals surface area (Å²) in [6.07, 6.45) is 5.58. The van der Waals surface area contributed by atoms with Crippen molar-refractivity contribution in [2.45, 2.75) is 6.42 Å². The van der Waals surface area contributed by atoms with Gasteiger partial charge in [-0.1, -0.05) is 0 Å². The van der Waals surface area contributed by atoms with Crippen molar-refractivity contribution in [1.82, 2.24) is 15.0 Å². The molecule has 6 nitrogen and oxygen atoms in total. The Morgan fingerprint density at radius 3 is 2.71 bits per heavy atom. The molecule has 0 saturated heterocycles. The van der Waals surface area contributed by atoms with Crippen LogP contribution in [0, 0.1) is 5.82 Å². The van der Waals surface area contributed by atoms with Crippen molar-refractivity contribution in [2.75, 3.05) is 42.7 Å². The van der Waals surface area contributed by atoms with Gasteiger partial charge in [0, 0.05) is 39.6 Å². The van der Waals surface area contributed by atoms with E-state index in [1.807, 2.05) is 12.1 Å². The molecule has 2 rings (SSSR count). The summed E-state index contributed by atoms with van der Waals surface area (Å²) in [5.41, 5.74) is 0.991. The van der Waals surface area contributed by atoms with Crippen LogP contribution in [0.5, 0.6) is 0 Å². The lowest BCUT2D eigenvalue weighted by atomic mass is 10.3. The zero-order valence-electron chi connectivity index (χ0n) is 12.2. The molecule has 0 fully saturated rings. The predicted molar refractivity (Wildman–Crippen MR) is 82.2 cm³/mol. The molecule has 2 aromatic rings. The average molecular weight is 290 g/mol. The number of anilines is 3. The van der Waals surface area contributed by atoms with Gasteiger partial charge >= 0.3 is 0 Å². The van der Waals surface area contributed by atoms with Crippen molar-refractivity contribution in [3.63, 3.8) is 0 Å². The van der Waals surface area contributed by atoms with Gasteiger partial charge in [-0.2, -0.15) is 4.98 Å². The first kappa shape index (κ1) is 15.0. The van der Waals surface area contributed by atoms with Gasteiger partial charge in [-0.15, -0.1) is 0 Å². The highest BCUT2D eigenvalue weighted by molar-refractivity contribution is 5.42. The van der Waals surface area contributed by atoms with Gasteiger partial charge in [-0.05, 0) is 18.6 Å². The largest absolute Gasteiger partial charge is 0.384 e. The molecule has 0 aromatic carbocycles. The summed E-state index contributed by atoms with van der Waals surface area (Å²) < 4.78 is 13.4. The highest BCUT2D eigenvalue weighted by atomic mass is 19.1. The summed E-state index contributed by atoms with van der Waals surface area (Å²) in [6, 6.07) is 3.85. The standard InChI is InChI=1S/C14H19FN6/c1-21(2)13-12(15)10-19-14(20-13)18-8-4-7-17-11-5-3-6-16-9-11/h3,5-6,9-10,17H,4,7-8H2,1-2H3,(H,18,19,20). The van der Waals surface area contributed by atoms with Gasteiger partial charge in [0.25, 0.3) is 0 Å². The van der Waals surface area contributed by atoms with Crippen molar-refractivity contribution in [3.05, 3.63) is 36.5 Å². The number of halogens is 1. The fourth-order valence-corrected chi connectivity index (χ4v) is 1.75. The summed E-state index contributed by atoms with van der Waals surface area (Å²) in [4.78, 5) is 13.7. The van der Waals surface area contributed by atoms with Crippen molar-refractivity contribution < 1.29 is 4.39 Å². The zero-order valence-corrected chi connectivity index (χ0v) is 12.2. The second kappa shape index (κ2) is 7.37. The fraction of sp³-hybridized carbons (Fsp3) is 0.357. The van der Waals surface area contributed by atoms with Crippen molar-refractivity contribution in [3.8, 4) is 0 Å². The molecule has 7 heteroatoms. The van der Waals surface area contributed by atoms with Crippen LogP contribution in [0.25, 0.3) is 0 Å². The minimum atomic E-state index is -0.427. The van der Waals surface area contributed by atoms with Gasteiger partial charge in [0.1, 0.15) is 0 Å². The molecule has 112 valence electrons. The number of aromatic nitrogens is 3. The van der Waals surface area contributed by atoms with Crippen LogP contribution >= 0.6 is 0 Å². The third-order valence-electron chi connectivity index (χ3n) is 2.78. The highest BCUT2D eigenvalue weighted by Gasteiger charge is 2.08. The highest BCUT2D eigenvalue weighted by Crippen LogP contribution is 2.14. The second-order valence-corrected chi connectivity index (χ2v) is 4.71. The first-order valence-electron chi connectivity index (χ1n) is 6.74. The van der Waals surface area contributed by atoms with Crippen LogP contribution in [-0.4, -0.2) is 42.1 Å². The lowest BCUT2D eigenvalue weighted by Gasteiger charge is -2.13. The molecule has 0 amide bonds. The Labute approximate surface area is 123 Å². The monoisotopic (exact) mass is 290 g/mol. The molecule has 0 aliphatic rings. The smallest absolute Gasteiger partial charge is 0.224 e. The van der Waals surface area contributed by atoms with E-state index in [9.17, 15) is 4.39 Å². The average Bonchev–Trinajstić information content (AvgIpc) is 2.49. The van der Waals surface area contributed by atoms with Crippen LogP contribution in [-0.2, 0) is 0 Å². The minimum absolute atomic E-state index is 0.279. The van der Waals surface area contributed by atoms with Gasteiger partial charge in [-0.25, -0.2) is 9.37 Å². The summed E-state index contributed by atoms with van der Waals surface area (Å²) in [7, 11) is 3.49. The molecule has 0 saturated carbocycles. The number of nitrogens with zero attached hydrogens (tertiary/aromatic N) is 4. The summed E-state index contributed by atoms with van der Waals surface area (Å²) >= 11 is 0. The maximum absolute atomic E-state index is 13.4. The van der Waals surface area contributed by atoms with Crippen LogP contribution < -0.4 is 15.5 Å². The van der Waals surface area contributed by atoms with Gasteiger partial charge < -0.3 is 15.5 Å². The molecule has 0 bridgehead atoms. The molecule has 21 heavy (non-hydrogen) atoms. The molecular formula is C14H19FN6. The maximum Gasteiger partial charge on any atom is 0.224 e. The Bertz CT molecular complexity index is 561. The fourth-order valence-electron chi connectivity index (χ4n) is 1.75.